The van der Waals surface area contributed by atoms with Crippen molar-refractivity contribution in [3.8, 4) is 0 Å². The van der Waals surface area contributed by atoms with Gasteiger partial charge in [-0.25, -0.2) is 9.97 Å². The normalized spacial score (nSPS) is 9.55. The maximum absolute atomic E-state index is 10.3. The third kappa shape index (κ3) is 1.26. The van der Waals surface area contributed by atoms with E-state index in [1.807, 2.05) is 0 Å². The van der Waals surface area contributed by atoms with Crippen molar-refractivity contribution in [3.05, 3.63) is 11.4 Å². The van der Waals surface area contributed by atoms with Gasteiger partial charge in [-0.3, -0.25) is 4.79 Å². The number of aryl methyl sites for hydroxylation is 1. The summed E-state index contributed by atoms with van der Waals surface area (Å²) in [5.41, 5.74) is 11.3. The molecule has 0 aliphatic heterocycles. The van der Waals surface area contributed by atoms with E-state index < -0.39 is 0 Å². The molecule has 0 amide bonds. The monoisotopic (exact) mass is 152 g/mol. The minimum absolute atomic E-state index is 0.0908. The number of aromatic nitrogens is 2. The largest absolute Gasteiger partial charge is 0.382 e. The molecule has 0 aliphatic rings. The first-order valence-electron chi connectivity index (χ1n) is 3.00. The third-order valence-corrected chi connectivity index (χ3v) is 1.27. The number of nitrogens with zero attached hydrogens (tertiary/aromatic N) is 2. The second-order valence-corrected chi connectivity index (χ2v) is 2.08. The molecule has 1 aromatic rings. The number of anilines is 2. The molecule has 4 N–H and O–H groups in total. The van der Waals surface area contributed by atoms with Crippen LogP contribution in [-0.2, 0) is 0 Å². The molecule has 1 heterocycles. The van der Waals surface area contributed by atoms with Gasteiger partial charge < -0.3 is 11.5 Å². The summed E-state index contributed by atoms with van der Waals surface area (Å²) in [5, 5.41) is 0. The number of aldehydes is 1. The highest BCUT2D eigenvalue weighted by molar-refractivity contribution is 5.79. The summed E-state index contributed by atoms with van der Waals surface area (Å²) in [4.78, 5) is 17.8. The Bertz CT molecular complexity index is 297. The number of rotatable bonds is 1. The Morgan fingerprint density at radius 1 is 1.27 bits per heavy atom. The molecule has 1 aromatic heterocycles. The highest BCUT2D eigenvalue weighted by atomic mass is 16.1. The molecule has 0 radical (unpaired) electrons. The highest BCUT2D eigenvalue weighted by Gasteiger charge is 2.03. The Balaban J connectivity index is 3.31. The molecule has 58 valence electrons. The van der Waals surface area contributed by atoms with Crippen LogP contribution >= 0.6 is 0 Å². The first kappa shape index (κ1) is 7.46. The Hall–Kier alpha value is -1.65. The summed E-state index contributed by atoms with van der Waals surface area (Å²) in [6.45, 7) is 1.67. The summed E-state index contributed by atoms with van der Waals surface area (Å²) in [7, 11) is 0. The molecule has 0 fully saturated rings. The van der Waals surface area contributed by atoms with Crippen LogP contribution in [0.15, 0.2) is 0 Å². The van der Waals surface area contributed by atoms with E-state index in [-0.39, 0.29) is 17.3 Å². The SMILES string of the molecule is Cc1nc(N)c(C=O)nc1N. The fourth-order valence-electron chi connectivity index (χ4n) is 0.650. The van der Waals surface area contributed by atoms with E-state index in [4.69, 9.17) is 11.5 Å². The summed E-state index contributed by atoms with van der Waals surface area (Å²) < 4.78 is 0. The number of hydrogen-bond acceptors (Lipinski definition) is 5. The zero-order valence-corrected chi connectivity index (χ0v) is 6.03. The van der Waals surface area contributed by atoms with Crippen LogP contribution in [0.5, 0.6) is 0 Å². The molecule has 1 rings (SSSR count). The van der Waals surface area contributed by atoms with Crippen LogP contribution in [0.4, 0.5) is 11.6 Å². The van der Waals surface area contributed by atoms with Gasteiger partial charge in [-0.15, -0.1) is 0 Å². The first-order valence-corrected chi connectivity index (χ1v) is 3.00. The summed E-state index contributed by atoms with van der Waals surface area (Å²) >= 11 is 0. The van der Waals surface area contributed by atoms with Crippen LogP contribution in [0.2, 0.25) is 0 Å². The standard InChI is InChI=1S/C6H8N4O/c1-3-5(7)10-4(2-11)6(8)9-3/h2H,1H3,(H2,7,10)(H2,8,9). The fourth-order valence-corrected chi connectivity index (χ4v) is 0.650. The van der Waals surface area contributed by atoms with Crippen LogP contribution in [-0.4, -0.2) is 16.3 Å². The Morgan fingerprint density at radius 2 is 1.91 bits per heavy atom. The maximum atomic E-state index is 10.3. The zero-order valence-electron chi connectivity index (χ0n) is 6.03. The van der Waals surface area contributed by atoms with E-state index in [9.17, 15) is 4.79 Å². The maximum Gasteiger partial charge on any atom is 0.172 e. The number of hydrogen-bond donors (Lipinski definition) is 2. The predicted molar refractivity (Wildman–Crippen MR) is 41.0 cm³/mol. The van der Waals surface area contributed by atoms with Gasteiger partial charge in [-0.1, -0.05) is 0 Å². The van der Waals surface area contributed by atoms with E-state index in [0.29, 0.717) is 12.0 Å². The van der Waals surface area contributed by atoms with Gasteiger partial charge in [0.1, 0.15) is 11.5 Å². The van der Waals surface area contributed by atoms with Crippen molar-refractivity contribution in [1.29, 1.82) is 0 Å². The first-order chi connectivity index (χ1) is 5.15. The molecule has 0 saturated heterocycles. The van der Waals surface area contributed by atoms with Crippen molar-refractivity contribution in [2.45, 2.75) is 6.92 Å². The van der Waals surface area contributed by atoms with Crippen LogP contribution in [0.3, 0.4) is 0 Å². The second kappa shape index (κ2) is 2.53. The van der Waals surface area contributed by atoms with Crippen molar-refractivity contribution < 1.29 is 4.79 Å². The fraction of sp³-hybridized carbons (Fsp3) is 0.167. The number of nitrogen functional groups attached to an aromatic ring is 2. The molecule has 0 unspecified atom stereocenters. The third-order valence-electron chi connectivity index (χ3n) is 1.27. The van der Waals surface area contributed by atoms with Crippen LogP contribution in [0.1, 0.15) is 16.2 Å². The van der Waals surface area contributed by atoms with Gasteiger partial charge in [-0.05, 0) is 6.92 Å². The van der Waals surface area contributed by atoms with Gasteiger partial charge in [0.15, 0.2) is 12.1 Å². The van der Waals surface area contributed by atoms with Crippen molar-refractivity contribution in [1.82, 2.24) is 9.97 Å². The Morgan fingerprint density at radius 3 is 2.45 bits per heavy atom. The van der Waals surface area contributed by atoms with Gasteiger partial charge in [0.25, 0.3) is 0 Å². The molecule has 0 spiro atoms. The van der Waals surface area contributed by atoms with Crippen molar-refractivity contribution in [2.75, 3.05) is 11.5 Å². The molecule has 0 atom stereocenters. The molecule has 0 bridgehead atoms. The number of carbonyl (C=O) groups is 1. The van der Waals surface area contributed by atoms with Crippen LogP contribution in [0.25, 0.3) is 0 Å². The Labute approximate surface area is 63.4 Å². The van der Waals surface area contributed by atoms with Crippen LogP contribution in [0, 0.1) is 6.92 Å². The van der Waals surface area contributed by atoms with Crippen molar-refractivity contribution in [3.63, 3.8) is 0 Å². The molecule has 11 heavy (non-hydrogen) atoms. The average Bonchev–Trinajstić information content (AvgIpc) is 1.97. The highest BCUT2D eigenvalue weighted by Crippen LogP contribution is 2.08. The molecule has 0 aliphatic carbocycles. The van der Waals surface area contributed by atoms with E-state index in [0.717, 1.165) is 0 Å². The van der Waals surface area contributed by atoms with Gasteiger partial charge in [0.2, 0.25) is 0 Å². The summed E-state index contributed by atoms with van der Waals surface area (Å²) in [6.07, 6.45) is 0.526. The smallest absolute Gasteiger partial charge is 0.172 e. The minimum atomic E-state index is 0.0908. The quantitative estimate of drug-likeness (QED) is 0.541. The number of carbonyl (C=O) groups excluding carboxylic acids is 1. The molecular formula is C6H8N4O. The summed E-state index contributed by atoms with van der Waals surface area (Å²) in [6, 6.07) is 0. The average molecular weight is 152 g/mol. The van der Waals surface area contributed by atoms with E-state index in [1.54, 1.807) is 6.92 Å². The lowest BCUT2D eigenvalue weighted by atomic mass is 10.4. The lowest BCUT2D eigenvalue weighted by molar-refractivity contribution is 0.111. The summed E-state index contributed by atoms with van der Waals surface area (Å²) in [5.74, 6) is 0.355. The van der Waals surface area contributed by atoms with Gasteiger partial charge in [-0.2, -0.15) is 0 Å². The molecule has 5 heteroatoms. The topological polar surface area (TPSA) is 94.9 Å². The van der Waals surface area contributed by atoms with Crippen molar-refractivity contribution in [2.24, 2.45) is 0 Å². The van der Waals surface area contributed by atoms with Crippen molar-refractivity contribution >= 4 is 17.9 Å². The lowest BCUT2D eigenvalue weighted by Crippen LogP contribution is -2.05. The molecule has 5 nitrogen and oxygen atoms in total. The van der Waals surface area contributed by atoms with Gasteiger partial charge in [0, 0.05) is 0 Å². The van der Waals surface area contributed by atoms with E-state index >= 15 is 0 Å². The molecular weight excluding hydrogens is 144 g/mol. The lowest BCUT2D eigenvalue weighted by Gasteiger charge is -2.00. The molecule has 0 aromatic carbocycles. The van der Waals surface area contributed by atoms with Crippen LogP contribution < -0.4 is 11.5 Å². The zero-order chi connectivity index (χ0) is 8.43. The second-order valence-electron chi connectivity index (χ2n) is 2.08. The van der Waals surface area contributed by atoms with E-state index in [1.165, 1.54) is 0 Å². The molecule has 0 saturated carbocycles. The van der Waals surface area contributed by atoms with E-state index in [2.05, 4.69) is 9.97 Å². The predicted octanol–water partition coefficient (Wildman–Crippen LogP) is -0.238. The minimum Gasteiger partial charge on any atom is -0.382 e. The number of nitrogens with two attached hydrogens (primary N) is 2. The van der Waals surface area contributed by atoms with Gasteiger partial charge >= 0.3 is 0 Å². The van der Waals surface area contributed by atoms with Gasteiger partial charge in [0.05, 0.1) is 5.69 Å². The Kier molecular flexibility index (Phi) is 1.72.